The minimum Gasteiger partial charge on any atom is -0.439 e. The zero-order valence-corrected chi connectivity index (χ0v) is 10.1. The highest BCUT2D eigenvalue weighted by Crippen LogP contribution is 2.22. The van der Waals surface area contributed by atoms with Crippen molar-refractivity contribution in [3.8, 4) is 11.6 Å². The first kappa shape index (κ1) is 11.6. The number of aryl methyl sites for hydroxylation is 3. The molecule has 0 N–H and O–H groups in total. The van der Waals surface area contributed by atoms with E-state index in [0.29, 0.717) is 17.2 Å². The van der Waals surface area contributed by atoms with E-state index in [1.54, 1.807) is 19.1 Å². The molecule has 0 aliphatic carbocycles. The average molecular weight is 231 g/mol. The molecule has 0 amide bonds. The van der Waals surface area contributed by atoms with Gasteiger partial charge in [-0.15, -0.1) is 0 Å². The Bertz CT molecular complexity index is 532. The standard InChI is InChI=1S/C14H14FNO/c1-9-6-11(3)16-14(7-9)17-12-5-4-10(2)13(15)8-12/h4-8H,1-3H3. The molecule has 0 fully saturated rings. The summed E-state index contributed by atoms with van der Waals surface area (Å²) in [6, 6.07) is 8.58. The number of ether oxygens (including phenoxy) is 1. The predicted molar refractivity (Wildman–Crippen MR) is 64.9 cm³/mol. The van der Waals surface area contributed by atoms with Crippen LogP contribution in [0.2, 0.25) is 0 Å². The van der Waals surface area contributed by atoms with Crippen molar-refractivity contribution in [3.63, 3.8) is 0 Å². The molecule has 0 aliphatic rings. The number of halogens is 1. The zero-order valence-electron chi connectivity index (χ0n) is 10.1. The third-order valence-electron chi connectivity index (χ3n) is 2.44. The lowest BCUT2D eigenvalue weighted by Crippen LogP contribution is -1.92. The van der Waals surface area contributed by atoms with Crippen LogP contribution in [0, 0.1) is 26.6 Å². The Morgan fingerprint density at radius 1 is 1.06 bits per heavy atom. The van der Waals surface area contributed by atoms with Crippen LogP contribution in [0.1, 0.15) is 16.8 Å². The van der Waals surface area contributed by atoms with Crippen molar-refractivity contribution in [1.29, 1.82) is 0 Å². The second-order valence-corrected chi connectivity index (χ2v) is 4.14. The second-order valence-electron chi connectivity index (χ2n) is 4.14. The van der Waals surface area contributed by atoms with Gasteiger partial charge in [0, 0.05) is 17.8 Å². The Labute approximate surface area is 100 Å². The van der Waals surface area contributed by atoms with Gasteiger partial charge in [0.1, 0.15) is 11.6 Å². The second kappa shape index (κ2) is 4.53. The summed E-state index contributed by atoms with van der Waals surface area (Å²) < 4.78 is 18.9. The summed E-state index contributed by atoms with van der Waals surface area (Å²) in [7, 11) is 0. The molecule has 3 heteroatoms. The van der Waals surface area contributed by atoms with Crippen molar-refractivity contribution in [2.24, 2.45) is 0 Å². The Morgan fingerprint density at radius 3 is 2.47 bits per heavy atom. The van der Waals surface area contributed by atoms with Crippen molar-refractivity contribution < 1.29 is 9.13 Å². The quantitative estimate of drug-likeness (QED) is 0.781. The lowest BCUT2D eigenvalue weighted by molar-refractivity contribution is 0.456. The van der Waals surface area contributed by atoms with Gasteiger partial charge in [-0.05, 0) is 44.0 Å². The Kier molecular flexibility index (Phi) is 3.09. The number of aromatic nitrogens is 1. The molecule has 0 radical (unpaired) electrons. The molecule has 0 saturated carbocycles. The van der Waals surface area contributed by atoms with E-state index in [0.717, 1.165) is 11.3 Å². The predicted octanol–water partition coefficient (Wildman–Crippen LogP) is 3.94. The van der Waals surface area contributed by atoms with Crippen molar-refractivity contribution in [2.75, 3.05) is 0 Å². The maximum atomic E-state index is 13.3. The Hall–Kier alpha value is -1.90. The third-order valence-corrected chi connectivity index (χ3v) is 2.44. The van der Waals surface area contributed by atoms with E-state index in [1.165, 1.54) is 6.07 Å². The summed E-state index contributed by atoms with van der Waals surface area (Å²) in [5.74, 6) is 0.684. The molecule has 0 unspecified atom stereocenters. The van der Waals surface area contributed by atoms with Crippen molar-refractivity contribution >= 4 is 0 Å². The van der Waals surface area contributed by atoms with Crippen LogP contribution in [0.25, 0.3) is 0 Å². The van der Waals surface area contributed by atoms with Gasteiger partial charge in [0.15, 0.2) is 0 Å². The van der Waals surface area contributed by atoms with Gasteiger partial charge >= 0.3 is 0 Å². The van der Waals surface area contributed by atoms with Crippen molar-refractivity contribution in [2.45, 2.75) is 20.8 Å². The molecule has 0 spiro atoms. The summed E-state index contributed by atoms with van der Waals surface area (Å²) in [5, 5.41) is 0. The van der Waals surface area contributed by atoms with Gasteiger partial charge in [-0.2, -0.15) is 0 Å². The van der Waals surface area contributed by atoms with E-state index >= 15 is 0 Å². The monoisotopic (exact) mass is 231 g/mol. The van der Waals surface area contributed by atoms with Gasteiger partial charge in [-0.1, -0.05) is 6.07 Å². The van der Waals surface area contributed by atoms with Crippen LogP contribution in [0.5, 0.6) is 11.6 Å². The maximum absolute atomic E-state index is 13.3. The molecule has 2 rings (SSSR count). The number of hydrogen-bond donors (Lipinski definition) is 0. The minimum atomic E-state index is -0.271. The van der Waals surface area contributed by atoms with Gasteiger partial charge in [-0.25, -0.2) is 9.37 Å². The Balaban J connectivity index is 2.28. The third kappa shape index (κ3) is 2.81. The molecule has 0 bridgehead atoms. The first-order chi connectivity index (χ1) is 8.04. The Morgan fingerprint density at radius 2 is 1.82 bits per heavy atom. The summed E-state index contributed by atoms with van der Waals surface area (Å²) in [5.41, 5.74) is 2.55. The molecule has 2 aromatic rings. The van der Waals surface area contributed by atoms with Crippen LogP contribution in [-0.4, -0.2) is 4.98 Å². The summed E-state index contributed by atoms with van der Waals surface area (Å²) >= 11 is 0. The normalized spacial score (nSPS) is 10.4. The summed E-state index contributed by atoms with van der Waals surface area (Å²) in [4.78, 5) is 4.24. The minimum absolute atomic E-state index is 0.271. The van der Waals surface area contributed by atoms with Crippen molar-refractivity contribution in [1.82, 2.24) is 4.98 Å². The largest absolute Gasteiger partial charge is 0.439 e. The summed E-state index contributed by atoms with van der Waals surface area (Å²) in [6.45, 7) is 5.58. The molecule has 0 saturated heterocycles. The highest BCUT2D eigenvalue weighted by molar-refractivity contribution is 5.32. The van der Waals surface area contributed by atoms with E-state index in [-0.39, 0.29) is 5.82 Å². The number of pyridine rings is 1. The molecule has 2 nitrogen and oxygen atoms in total. The fraction of sp³-hybridized carbons (Fsp3) is 0.214. The molecule has 17 heavy (non-hydrogen) atoms. The van der Waals surface area contributed by atoms with Gasteiger partial charge < -0.3 is 4.74 Å². The fourth-order valence-electron chi connectivity index (χ4n) is 1.61. The highest BCUT2D eigenvalue weighted by Gasteiger charge is 2.03. The number of benzene rings is 1. The highest BCUT2D eigenvalue weighted by atomic mass is 19.1. The molecular weight excluding hydrogens is 217 g/mol. The first-order valence-electron chi connectivity index (χ1n) is 5.44. The van der Waals surface area contributed by atoms with E-state index in [2.05, 4.69) is 4.98 Å². The molecule has 1 heterocycles. The number of rotatable bonds is 2. The first-order valence-corrected chi connectivity index (χ1v) is 5.44. The van der Waals surface area contributed by atoms with Gasteiger partial charge in [0.2, 0.25) is 5.88 Å². The van der Waals surface area contributed by atoms with E-state index in [1.807, 2.05) is 26.0 Å². The van der Waals surface area contributed by atoms with Gasteiger partial charge in [-0.3, -0.25) is 0 Å². The van der Waals surface area contributed by atoms with Crippen LogP contribution < -0.4 is 4.74 Å². The van der Waals surface area contributed by atoms with Gasteiger partial charge in [0.05, 0.1) is 0 Å². The lowest BCUT2D eigenvalue weighted by atomic mass is 10.2. The molecule has 0 aliphatic heterocycles. The van der Waals surface area contributed by atoms with E-state index in [4.69, 9.17) is 4.74 Å². The van der Waals surface area contributed by atoms with Crippen molar-refractivity contribution in [3.05, 3.63) is 53.0 Å². The van der Waals surface area contributed by atoms with Crippen LogP contribution in [0.15, 0.2) is 30.3 Å². The maximum Gasteiger partial charge on any atom is 0.219 e. The fourth-order valence-corrected chi connectivity index (χ4v) is 1.61. The lowest BCUT2D eigenvalue weighted by Gasteiger charge is -2.07. The molecule has 88 valence electrons. The van der Waals surface area contributed by atoms with E-state index < -0.39 is 0 Å². The van der Waals surface area contributed by atoms with E-state index in [9.17, 15) is 4.39 Å². The van der Waals surface area contributed by atoms with Crippen LogP contribution in [0.3, 0.4) is 0 Å². The molecular formula is C14H14FNO. The number of hydrogen-bond acceptors (Lipinski definition) is 2. The zero-order chi connectivity index (χ0) is 12.4. The number of nitrogens with zero attached hydrogens (tertiary/aromatic N) is 1. The van der Waals surface area contributed by atoms with Crippen LogP contribution in [-0.2, 0) is 0 Å². The van der Waals surface area contributed by atoms with Crippen LogP contribution in [0.4, 0.5) is 4.39 Å². The topological polar surface area (TPSA) is 22.1 Å². The van der Waals surface area contributed by atoms with Crippen LogP contribution >= 0.6 is 0 Å². The smallest absolute Gasteiger partial charge is 0.219 e. The SMILES string of the molecule is Cc1cc(C)nc(Oc2ccc(C)c(F)c2)c1. The van der Waals surface area contributed by atoms with Gasteiger partial charge in [0.25, 0.3) is 0 Å². The summed E-state index contributed by atoms with van der Waals surface area (Å²) in [6.07, 6.45) is 0. The molecule has 1 aromatic carbocycles. The molecule has 0 atom stereocenters. The average Bonchev–Trinajstić information content (AvgIpc) is 2.22. The molecule has 1 aromatic heterocycles.